The largest absolute Gasteiger partial charge is 0.467 e. The van der Waals surface area contributed by atoms with Crippen LogP contribution in [0.5, 0.6) is 0 Å². The fourth-order valence-electron chi connectivity index (χ4n) is 3.43. The molecule has 0 aliphatic rings. The molecule has 1 atom stereocenters. The van der Waals surface area contributed by atoms with Gasteiger partial charge in [-0.15, -0.1) is 0 Å². The van der Waals surface area contributed by atoms with Gasteiger partial charge in [0.15, 0.2) is 0 Å². The number of rotatable bonds is 6. The molecule has 1 aromatic heterocycles. The molecule has 0 unspecified atom stereocenters. The minimum absolute atomic E-state index is 0.0670. The van der Waals surface area contributed by atoms with Crippen molar-refractivity contribution in [2.45, 2.75) is 12.0 Å². The Morgan fingerprint density at radius 2 is 1.14 bits per heavy atom. The molecule has 0 radical (unpaired) electrons. The molecule has 0 aliphatic heterocycles. The van der Waals surface area contributed by atoms with Gasteiger partial charge < -0.3 is 9.73 Å². The molecule has 3 heteroatoms. The summed E-state index contributed by atoms with van der Waals surface area (Å²) in [6.45, 7) is 0. The van der Waals surface area contributed by atoms with Crippen LogP contribution in [-0.4, -0.2) is 5.91 Å². The molecule has 1 heterocycles. The van der Waals surface area contributed by atoms with Crippen LogP contribution < -0.4 is 5.32 Å². The number of carbonyl (C=O) groups is 1. The first-order valence-electron chi connectivity index (χ1n) is 9.31. The van der Waals surface area contributed by atoms with E-state index in [4.69, 9.17) is 4.42 Å². The molecule has 0 aliphatic carbocycles. The Balaban J connectivity index is 1.70. The molecule has 1 N–H and O–H groups in total. The van der Waals surface area contributed by atoms with Gasteiger partial charge >= 0.3 is 0 Å². The third-order valence-corrected chi connectivity index (χ3v) is 4.78. The summed E-state index contributed by atoms with van der Waals surface area (Å²) in [7, 11) is 0. The zero-order valence-corrected chi connectivity index (χ0v) is 15.4. The molecule has 0 bridgehead atoms. The van der Waals surface area contributed by atoms with Crippen LogP contribution in [0.2, 0.25) is 0 Å². The van der Waals surface area contributed by atoms with Crippen molar-refractivity contribution in [3.63, 3.8) is 0 Å². The lowest BCUT2D eigenvalue weighted by atomic mass is 9.90. The van der Waals surface area contributed by atoms with E-state index in [-0.39, 0.29) is 11.9 Å². The highest BCUT2D eigenvalue weighted by atomic mass is 16.3. The van der Waals surface area contributed by atoms with Gasteiger partial charge in [0.2, 0.25) is 5.91 Å². The molecule has 1 amide bonds. The van der Waals surface area contributed by atoms with Crippen molar-refractivity contribution in [3.8, 4) is 0 Å². The van der Waals surface area contributed by atoms with E-state index in [1.54, 1.807) is 6.26 Å². The second-order valence-corrected chi connectivity index (χ2v) is 6.62. The van der Waals surface area contributed by atoms with E-state index in [0.29, 0.717) is 5.76 Å². The average Bonchev–Trinajstić information content (AvgIpc) is 3.29. The maximum absolute atomic E-state index is 13.5. The van der Waals surface area contributed by atoms with Gasteiger partial charge in [-0.05, 0) is 28.8 Å². The maximum atomic E-state index is 13.5. The van der Waals surface area contributed by atoms with Crippen molar-refractivity contribution < 1.29 is 9.21 Å². The Bertz CT molecular complexity index is 957. The van der Waals surface area contributed by atoms with E-state index >= 15 is 0 Å². The summed E-state index contributed by atoms with van der Waals surface area (Å²) in [5, 5.41) is 3.20. The third-order valence-electron chi connectivity index (χ3n) is 4.78. The highest BCUT2D eigenvalue weighted by Crippen LogP contribution is 2.28. The summed E-state index contributed by atoms with van der Waals surface area (Å²) in [6.07, 6.45) is 1.63. The molecular formula is C25H21NO2. The van der Waals surface area contributed by atoms with E-state index in [2.05, 4.69) is 5.32 Å². The zero-order chi connectivity index (χ0) is 19.2. The second-order valence-electron chi connectivity index (χ2n) is 6.62. The number of hydrogen-bond acceptors (Lipinski definition) is 2. The normalized spacial score (nSPS) is 11.9. The van der Waals surface area contributed by atoms with Crippen LogP contribution in [0.25, 0.3) is 0 Å². The Morgan fingerprint density at radius 3 is 1.61 bits per heavy atom. The fraction of sp³-hybridized carbons (Fsp3) is 0.0800. The molecule has 0 saturated heterocycles. The fourth-order valence-corrected chi connectivity index (χ4v) is 3.43. The number of amides is 1. The molecule has 4 rings (SSSR count). The average molecular weight is 367 g/mol. The smallest absolute Gasteiger partial charge is 0.232 e. The lowest BCUT2D eigenvalue weighted by Gasteiger charge is -2.23. The van der Waals surface area contributed by atoms with Crippen molar-refractivity contribution in [3.05, 3.63) is 132 Å². The Kier molecular flexibility index (Phi) is 5.34. The first-order valence-corrected chi connectivity index (χ1v) is 9.31. The number of benzene rings is 3. The Hall–Kier alpha value is -3.59. The van der Waals surface area contributed by atoms with E-state index in [1.165, 1.54) is 0 Å². The van der Waals surface area contributed by atoms with E-state index < -0.39 is 5.92 Å². The van der Waals surface area contributed by atoms with Crippen LogP contribution in [0.4, 0.5) is 0 Å². The first kappa shape index (κ1) is 17.8. The molecule has 0 fully saturated rings. The molecule has 28 heavy (non-hydrogen) atoms. The van der Waals surface area contributed by atoms with Crippen molar-refractivity contribution in [2.24, 2.45) is 0 Å². The molecule has 3 nitrogen and oxygen atoms in total. The SMILES string of the molecule is O=C(N[C@@H](c1ccccc1)c1ccco1)C(c1ccccc1)c1ccccc1. The monoisotopic (exact) mass is 367 g/mol. The number of hydrogen-bond donors (Lipinski definition) is 1. The van der Waals surface area contributed by atoms with Crippen molar-refractivity contribution in [1.29, 1.82) is 0 Å². The van der Waals surface area contributed by atoms with Gasteiger partial charge in [-0.1, -0.05) is 91.0 Å². The van der Waals surface area contributed by atoms with Gasteiger partial charge in [0.25, 0.3) is 0 Å². The summed E-state index contributed by atoms with van der Waals surface area (Å²) in [5.41, 5.74) is 2.89. The van der Waals surface area contributed by atoms with E-state index in [0.717, 1.165) is 16.7 Å². The summed E-state index contributed by atoms with van der Waals surface area (Å²) in [5.74, 6) is 0.241. The topological polar surface area (TPSA) is 42.2 Å². The van der Waals surface area contributed by atoms with Gasteiger partial charge in [-0.25, -0.2) is 0 Å². The quantitative estimate of drug-likeness (QED) is 0.501. The Morgan fingerprint density at radius 1 is 0.643 bits per heavy atom. The van der Waals surface area contributed by atoms with Crippen molar-refractivity contribution >= 4 is 5.91 Å². The number of carbonyl (C=O) groups excluding carboxylic acids is 1. The molecule has 138 valence electrons. The van der Waals surface area contributed by atoms with Gasteiger partial charge in [-0.3, -0.25) is 4.79 Å². The molecule has 3 aromatic carbocycles. The van der Waals surface area contributed by atoms with Crippen LogP contribution in [0.15, 0.2) is 114 Å². The summed E-state index contributed by atoms with van der Waals surface area (Å²) < 4.78 is 5.63. The second kappa shape index (κ2) is 8.40. The van der Waals surface area contributed by atoms with Crippen molar-refractivity contribution in [2.75, 3.05) is 0 Å². The van der Waals surface area contributed by atoms with Crippen LogP contribution in [-0.2, 0) is 4.79 Å². The van der Waals surface area contributed by atoms with Gasteiger partial charge in [-0.2, -0.15) is 0 Å². The predicted octanol–water partition coefficient (Wildman–Crippen LogP) is 5.32. The van der Waals surface area contributed by atoms with Crippen LogP contribution >= 0.6 is 0 Å². The minimum atomic E-state index is -0.399. The standard InChI is InChI=1S/C25H21NO2/c27-25(23(19-11-4-1-5-12-19)20-13-6-2-7-14-20)26-24(22-17-10-18-28-22)21-15-8-3-9-16-21/h1-18,23-24H,(H,26,27)/t24-/m0/s1. The third kappa shape index (κ3) is 3.89. The lowest BCUT2D eigenvalue weighted by Crippen LogP contribution is -2.34. The predicted molar refractivity (Wildman–Crippen MR) is 110 cm³/mol. The molecule has 0 spiro atoms. The zero-order valence-electron chi connectivity index (χ0n) is 15.4. The number of nitrogens with one attached hydrogen (secondary N) is 1. The summed E-state index contributed by atoms with van der Waals surface area (Å²) in [4.78, 5) is 13.5. The van der Waals surface area contributed by atoms with Crippen molar-refractivity contribution in [1.82, 2.24) is 5.32 Å². The van der Waals surface area contributed by atoms with E-state index in [9.17, 15) is 4.79 Å². The number of furan rings is 1. The van der Waals surface area contributed by atoms with Gasteiger partial charge in [0, 0.05) is 0 Å². The molecular weight excluding hydrogens is 346 g/mol. The van der Waals surface area contributed by atoms with Crippen LogP contribution in [0, 0.1) is 0 Å². The van der Waals surface area contributed by atoms with Gasteiger partial charge in [0.05, 0.1) is 12.2 Å². The Labute approximate surface area is 164 Å². The maximum Gasteiger partial charge on any atom is 0.232 e. The van der Waals surface area contributed by atoms with Crippen LogP contribution in [0.3, 0.4) is 0 Å². The molecule has 0 saturated carbocycles. The first-order chi connectivity index (χ1) is 13.8. The minimum Gasteiger partial charge on any atom is -0.467 e. The van der Waals surface area contributed by atoms with Crippen LogP contribution in [0.1, 0.15) is 34.4 Å². The molecule has 4 aromatic rings. The van der Waals surface area contributed by atoms with Gasteiger partial charge in [0.1, 0.15) is 11.8 Å². The lowest BCUT2D eigenvalue weighted by molar-refractivity contribution is -0.122. The summed E-state index contributed by atoms with van der Waals surface area (Å²) in [6, 6.07) is 32.9. The van der Waals surface area contributed by atoms with E-state index in [1.807, 2.05) is 103 Å². The summed E-state index contributed by atoms with van der Waals surface area (Å²) >= 11 is 0. The highest BCUT2D eigenvalue weighted by molar-refractivity contribution is 5.87. The highest BCUT2D eigenvalue weighted by Gasteiger charge is 2.27.